The molecule has 0 aliphatic rings. The average Bonchev–Trinajstić information content (AvgIpc) is 3.45. The van der Waals surface area contributed by atoms with E-state index in [1.165, 1.54) is 23.9 Å². The van der Waals surface area contributed by atoms with Crippen molar-refractivity contribution in [3.63, 3.8) is 0 Å². The van der Waals surface area contributed by atoms with Crippen LogP contribution in [0.4, 0.5) is 13.2 Å². The van der Waals surface area contributed by atoms with Crippen LogP contribution in [0.15, 0.2) is 58.5 Å². The first-order valence-electron chi connectivity index (χ1n) is 9.87. The number of pyridine rings is 1. The van der Waals surface area contributed by atoms with Crippen LogP contribution in [0.2, 0.25) is 0 Å². The van der Waals surface area contributed by atoms with E-state index in [0.29, 0.717) is 24.1 Å². The Kier molecular flexibility index (Phi) is 6.75. The second-order valence-electron chi connectivity index (χ2n) is 6.98. The highest BCUT2D eigenvalue weighted by Gasteiger charge is 2.31. The predicted molar refractivity (Wildman–Crippen MR) is 114 cm³/mol. The molecule has 0 saturated heterocycles. The largest absolute Gasteiger partial charge is 0.416 e. The summed E-state index contributed by atoms with van der Waals surface area (Å²) in [5.41, 5.74) is 0.307. The quantitative estimate of drug-likeness (QED) is 0.331. The number of nitrogens with zero attached hydrogens (tertiary/aromatic N) is 6. The van der Waals surface area contributed by atoms with Gasteiger partial charge in [-0.2, -0.15) is 18.2 Å². The van der Waals surface area contributed by atoms with E-state index in [1.54, 1.807) is 19.5 Å². The van der Waals surface area contributed by atoms with E-state index < -0.39 is 11.7 Å². The van der Waals surface area contributed by atoms with E-state index in [0.717, 1.165) is 17.7 Å². The number of halogens is 3. The van der Waals surface area contributed by atoms with Gasteiger partial charge in [0.25, 0.3) is 0 Å². The Morgan fingerprint density at radius 1 is 1.12 bits per heavy atom. The molecule has 172 valence electrons. The molecule has 12 heteroatoms. The van der Waals surface area contributed by atoms with Gasteiger partial charge in [-0.25, -0.2) is 0 Å². The van der Waals surface area contributed by atoms with Crippen molar-refractivity contribution in [1.82, 2.24) is 29.9 Å². The molecule has 1 atom stereocenters. The van der Waals surface area contributed by atoms with Gasteiger partial charge in [0.2, 0.25) is 11.7 Å². The zero-order valence-corrected chi connectivity index (χ0v) is 18.5. The monoisotopic (exact) mass is 476 g/mol. The fourth-order valence-corrected chi connectivity index (χ4v) is 3.94. The van der Waals surface area contributed by atoms with Crippen molar-refractivity contribution >= 4 is 11.8 Å². The van der Waals surface area contributed by atoms with Gasteiger partial charge < -0.3 is 9.26 Å². The number of methoxy groups -OCH3 is 1. The first-order valence-corrected chi connectivity index (χ1v) is 10.7. The number of benzene rings is 1. The SMILES string of the molecule is COCCn1c(SC(C)c2nc(-c3cccc(C(F)(F)F)c3)no2)nnc1-c1ccncc1. The molecule has 3 aromatic heterocycles. The van der Waals surface area contributed by atoms with Crippen LogP contribution in [0.3, 0.4) is 0 Å². The third-order valence-corrected chi connectivity index (χ3v) is 5.76. The molecule has 0 bridgehead atoms. The van der Waals surface area contributed by atoms with Crippen LogP contribution < -0.4 is 0 Å². The summed E-state index contributed by atoms with van der Waals surface area (Å²) < 4.78 is 51.5. The van der Waals surface area contributed by atoms with Crippen molar-refractivity contribution in [2.45, 2.75) is 30.1 Å². The Balaban J connectivity index is 1.57. The number of ether oxygens (including phenoxy) is 1. The van der Waals surface area contributed by atoms with Crippen LogP contribution in [-0.4, -0.2) is 43.6 Å². The van der Waals surface area contributed by atoms with E-state index in [9.17, 15) is 13.2 Å². The van der Waals surface area contributed by atoms with E-state index in [2.05, 4.69) is 25.3 Å². The topological polar surface area (TPSA) is 91.8 Å². The Bertz CT molecular complexity index is 1210. The minimum Gasteiger partial charge on any atom is -0.383 e. The lowest BCUT2D eigenvalue weighted by Crippen LogP contribution is -2.08. The molecule has 3 heterocycles. The van der Waals surface area contributed by atoms with Crippen molar-refractivity contribution in [3.05, 3.63) is 60.2 Å². The van der Waals surface area contributed by atoms with E-state index >= 15 is 0 Å². The minimum atomic E-state index is -4.45. The molecule has 0 aliphatic carbocycles. The van der Waals surface area contributed by atoms with Gasteiger partial charge in [-0.3, -0.25) is 9.55 Å². The lowest BCUT2D eigenvalue weighted by molar-refractivity contribution is -0.137. The van der Waals surface area contributed by atoms with Crippen LogP contribution >= 0.6 is 11.8 Å². The molecule has 33 heavy (non-hydrogen) atoms. The summed E-state index contributed by atoms with van der Waals surface area (Å²) in [4.78, 5) is 8.33. The summed E-state index contributed by atoms with van der Waals surface area (Å²) in [6, 6.07) is 8.48. The minimum absolute atomic E-state index is 0.0851. The van der Waals surface area contributed by atoms with Crippen LogP contribution in [0.25, 0.3) is 22.8 Å². The van der Waals surface area contributed by atoms with Crippen molar-refractivity contribution in [1.29, 1.82) is 0 Å². The summed E-state index contributed by atoms with van der Waals surface area (Å²) in [6.45, 7) is 2.82. The van der Waals surface area contributed by atoms with Gasteiger partial charge >= 0.3 is 6.18 Å². The van der Waals surface area contributed by atoms with Gasteiger partial charge in [-0.15, -0.1) is 10.2 Å². The number of hydrogen-bond acceptors (Lipinski definition) is 8. The highest BCUT2D eigenvalue weighted by atomic mass is 32.2. The standard InChI is InChI=1S/C21H19F3N6O2S/c1-13(19-26-17(29-32-19)15-4-3-5-16(12-15)21(22,23)24)33-20-28-27-18(30(20)10-11-31-2)14-6-8-25-9-7-14/h3-9,12-13H,10-11H2,1-2H3. The second kappa shape index (κ2) is 9.71. The molecule has 0 amide bonds. The van der Waals surface area contributed by atoms with Crippen molar-refractivity contribution in [2.75, 3.05) is 13.7 Å². The Morgan fingerprint density at radius 3 is 2.64 bits per heavy atom. The average molecular weight is 476 g/mol. The molecule has 8 nitrogen and oxygen atoms in total. The maximum absolute atomic E-state index is 13.0. The summed E-state index contributed by atoms with van der Waals surface area (Å²) >= 11 is 1.35. The van der Waals surface area contributed by atoms with Crippen LogP contribution in [0.5, 0.6) is 0 Å². The van der Waals surface area contributed by atoms with E-state index in [4.69, 9.17) is 9.26 Å². The fraction of sp³-hybridized carbons (Fsp3) is 0.286. The third kappa shape index (κ3) is 5.22. The van der Waals surface area contributed by atoms with Gasteiger partial charge in [0.05, 0.1) is 24.0 Å². The maximum Gasteiger partial charge on any atom is 0.416 e. The summed E-state index contributed by atoms with van der Waals surface area (Å²) in [6.07, 6.45) is -1.10. The second-order valence-corrected chi connectivity index (χ2v) is 8.29. The van der Waals surface area contributed by atoms with Crippen molar-refractivity contribution in [2.24, 2.45) is 0 Å². The Morgan fingerprint density at radius 2 is 1.91 bits per heavy atom. The molecule has 1 unspecified atom stereocenters. The first-order chi connectivity index (χ1) is 15.9. The van der Waals surface area contributed by atoms with Gasteiger partial charge in [0.15, 0.2) is 11.0 Å². The lowest BCUT2D eigenvalue weighted by Gasteiger charge is -2.11. The molecule has 0 fully saturated rings. The smallest absolute Gasteiger partial charge is 0.383 e. The highest BCUT2D eigenvalue weighted by Crippen LogP contribution is 2.36. The fourth-order valence-electron chi connectivity index (χ4n) is 3.04. The predicted octanol–water partition coefficient (Wildman–Crippen LogP) is 4.91. The molecule has 4 aromatic rings. The van der Waals surface area contributed by atoms with Crippen LogP contribution in [0, 0.1) is 0 Å². The van der Waals surface area contributed by atoms with Crippen molar-refractivity contribution < 1.29 is 22.4 Å². The van der Waals surface area contributed by atoms with Gasteiger partial charge in [-0.1, -0.05) is 29.1 Å². The maximum atomic E-state index is 13.0. The number of aromatic nitrogens is 6. The molecule has 1 aromatic carbocycles. The van der Waals surface area contributed by atoms with E-state index in [-0.39, 0.29) is 22.5 Å². The van der Waals surface area contributed by atoms with Crippen LogP contribution in [-0.2, 0) is 17.5 Å². The number of rotatable bonds is 8. The van der Waals surface area contributed by atoms with Gasteiger partial charge in [0, 0.05) is 30.6 Å². The molecule has 0 N–H and O–H groups in total. The Labute approximate surface area is 191 Å². The van der Waals surface area contributed by atoms with Gasteiger partial charge in [0.1, 0.15) is 0 Å². The number of hydrogen-bond donors (Lipinski definition) is 0. The molecule has 0 saturated carbocycles. The highest BCUT2D eigenvalue weighted by molar-refractivity contribution is 7.99. The Hall–Kier alpha value is -3.25. The summed E-state index contributed by atoms with van der Waals surface area (Å²) in [7, 11) is 1.61. The molecule has 0 radical (unpaired) electrons. The zero-order valence-electron chi connectivity index (χ0n) is 17.7. The molecule has 0 aliphatic heterocycles. The summed E-state index contributed by atoms with van der Waals surface area (Å²) in [5.74, 6) is 1.01. The normalized spacial score (nSPS) is 12.8. The molecule has 0 spiro atoms. The lowest BCUT2D eigenvalue weighted by atomic mass is 10.1. The third-order valence-electron chi connectivity index (χ3n) is 4.69. The molecular weight excluding hydrogens is 457 g/mol. The number of alkyl halides is 3. The number of thioether (sulfide) groups is 1. The zero-order chi connectivity index (χ0) is 23.4. The van der Waals surface area contributed by atoms with Crippen molar-refractivity contribution in [3.8, 4) is 22.8 Å². The summed E-state index contributed by atoms with van der Waals surface area (Å²) in [5, 5.41) is 12.8. The van der Waals surface area contributed by atoms with Gasteiger partial charge in [-0.05, 0) is 31.2 Å². The molecular formula is C21H19F3N6O2S. The van der Waals surface area contributed by atoms with E-state index in [1.807, 2.05) is 23.6 Å². The first kappa shape index (κ1) is 22.9. The molecule has 4 rings (SSSR count). The van der Waals surface area contributed by atoms with Crippen LogP contribution in [0.1, 0.15) is 23.6 Å².